The summed E-state index contributed by atoms with van der Waals surface area (Å²) >= 11 is 3.39. The molecule has 4 heteroatoms. The van der Waals surface area contributed by atoms with Gasteiger partial charge in [-0.05, 0) is 36.8 Å². The number of halogens is 2. The number of aryl methyl sites for hydroxylation is 1. The normalized spacial score (nSPS) is 12.2. The first-order chi connectivity index (χ1) is 9.54. The fourth-order valence-corrected chi connectivity index (χ4v) is 2.77. The lowest BCUT2D eigenvalue weighted by Crippen LogP contribution is -2.31. The minimum Gasteiger partial charge on any atom is -0.366 e. The molecule has 0 aromatic heterocycles. The van der Waals surface area contributed by atoms with Crippen LogP contribution in [0.5, 0.6) is 0 Å². The van der Waals surface area contributed by atoms with Gasteiger partial charge in [-0.1, -0.05) is 34.1 Å². The van der Waals surface area contributed by atoms with E-state index in [0.29, 0.717) is 12.1 Å². The summed E-state index contributed by atoms with van der Waals surface area (Å²) in [5, 5.41) is 0. The molecule has 0 spiro atoms. The zero-order chi connectivity index (χ0) is 14.7. The van der Waals surface area contributed by atoms with E-state index in [4.69, 9.17) is 5.73 Å². The summed E-state index contributed by atoms with van der Waals surface area (Å²) in [5.74, 6) is -0.232. The quantitative estimate of drug-likeness (QED) is 0.913. The lowest BCUT2D eigenvalue weighted by molar-refractivity contribution is 0.572. The minimum absolute atomic E-state index is 0.200. The average Bonchev–Trinajstić information content (AvgIpc) is 2.44. The molecule has 2 nitrogen and oxygen atoms in total. The van der Waals surface area contributed by atoms with E-state index in [9.17, 15) is 4.39 Å². The highest BCUT2D eigenvalue weighted by atomic mass is 79.9. The molecule has 0 aliphatic rings. The smallest absolute Gasteiger partial charge is 0.128 e. The van der Waals surface area contributed by atoms with Gasteiger partial charge in [0.05, 0.1) is 6.04 Å². The number of hydrogen-bond donors (Lipinski definition) is 1. The molecule has 2 N–H and O–H groups in total. The van der Waals surface area contributed by atoms with Gasteiger partial charge in [0.15, 0.2) is 0 Å². The molecule has 2 aromatic rings. The molecule has 0 aliphatic carbocycles. The van der Waals surface area contributed by atoms with Crippen LogP contribution in [0.25, 0.3) is 0 Å². The zero-order valence-corrected chi connectivity index (χ0v) is 13.2. The maximum Gasteiger partial charge on any atom is 0.128 e. The molecule has 2 rings (SSSR count). The van der Waals surface area contributed by atoms with E-state index in [-0.39, 0.29) is 11.9 Å². The maximum absolute atomic E-state index is 14.1. The molecular weight excluding hydrogens is 319 g/mol. The Morgan fingerprint density at radius 3 is 2.60 bits per heavy atom. The van der Waals surface area contributed by atoms with E-state index in [1.54, 1.807) is 12.1 Å². The van der Waals surface area contributed by atoms with Gasteiger partial charge in [-0.2, -0.15) is 0 Å². The van der Waals surface area contributed by atoms with E-state index in [1.165, 1.54) is 6.07 Å². The standard InChI is InChI=1S/C16H18BrFN2/c1-11-5-3-4-6-15(11)20(2)16(10-19)13-9-12(17)7-8-14(13)18/h3-9,16H,10,19H2,1-2H3. The second kappa shape index (κ2) is 6.37. The minimum atomic E-state index is -0.232. The number of likely N-dealkylation sites (N-methyl/N-ethyl adjacent to an activating group) is 1. The van der Waals surface area contributed by atoms with Crippen molar-refractivity contribution in [3.8, 4) is 0 Å². The summed E-state index contributed by atoms with van der Waals surface area (Å²) in [6.07, 6.45) is 0. The lowest BCUT2D eigenvalue weighted by Gasteiger charge is -2.31. The van der Waals surface area contributed by atoms with Crippen molar-refractivity contribution in [3.63, 3.8) is 0 Å². The third kappa shape index (κ3) is 3.02. The first kappa shape index (κ1) is 15.0. The van der Waals surface area contributed by atoms with E-state index in [0.717, 1.165) is 15.7 Å². The SMILES string of the molecule is Cc1ccccc1N(C)C(CN)c1cc(Br)ccc1F. The van der Waals surface area contributed by atoms with Gasteiger partial charge in [0.1, 0.15) is 5.82 Å². The van der Waals surface area contributed by atoms with Gasteiger partial charge in [0.25, 0.3) is 0 Å². The summed E-state index contributed by atoms with van der Waals surface area (Å²) in [6, 6.07) is 12.8. The van der Waals surface area contributed by atoms with E-state index in [1.807, 2.05) is 43.1 Å². The maximum atomic E-state index is 14.1. The Balaban J connectivity index is 2.42. The fraction of sp³-hybridized carbons (Fsp3) is 0.250. The third-order valence-electron chi connectivity index (χ3n) is 3.50. The topological polar surface area (TPSA) is 29.3 Å². The first-order valence-electron chi connectivity index (χ1n) is 6.48. The number of nitrogens with two attached hydrogens (primary N) is 1. The summed E-state index contributed by atoms with van der Waals surface area (Å²) < 4.78 is 14.9. The number of anilines is 1. The molecule has 0 fully saturated rings. The van der Waals surface area contributed by atoms with Gasteiger partial charge in [0, 0.05) is 29.3 Å². The Kier molecular flexibility index (Phi) is 4.78. The number of nitrogens with zero attached hydrogens (tertiary/aromatic N) is 1. The molecule has 1 atom stereocenters. The molecule has 0 bridgehead atoms. The van der Waals surface area contributed by atoms with Gasteiger partial charge >= 0.3 is 0 Å². The molecule has 0 heterocycles. The Bertz CT molecular complexity index is 601. The Labute approximate surface area is 127 Å². The number of benzene rings is 2. The van der Waals surface area contributed by atoms with Crippen LogP contribution in [-0.2, 0) is 0 Å². The van der Waals surface area contributed by atoms with Crippen LogP contribution in [0.3, 0.4) is 0 Å². The lowest BCUT2D eigenvalue weighted by atomic mass is 10.0. The number of hydrogen-bond acceptors (Lipinski definition) is 2. The van der Waals surface area contributed by atoms with Crippen LogP contribution in [0.15, 0.2) is 46.9 Å². The third-order valence-corrected chi connectivity index (χ3v) is 4.00. The van der Waals surface area contributed by atoms with Crippen molar-refractivity contribution < 1.29 is 4.39 Å². The van der Waals surface area contributed by atoms with E-state index in [2.05, 4.69) is 15.9 Å². The van der Waals surface area contributed by atoms with Crippen molar-refractivity contribution >= 4 is 21.6 Å². The highest BCUT2D eigenvalue weighted by molar-refractivity contribution is 9.10. The molecular formula is C16H18BrFN2. The van der Waals surface area contributed by atoms with Crippen molar-refractivity contribution in [2.24, 2.45) is 5.73 Å². The van der Waals surface area contributed by atoms with Crippen LogP contribution >= 0.6 is 15.9 Å². The molecule has 0 saturated carbocycles. The van der Waals surface area contributed by atoms with Crippen LogP contribution < -0.4 is 10.6 Å². The predicted octanol–water partition coefficient (Wildman–Crippen LogP) is 4.03. The van der Waals surface area contributed by atoms with Crippen molar-refractivity contribution in [1.82, 2.24) is 0 Å². The van der Waals surface area contributed by atoms with Crippen molar-refractivity contribution in [1.29, 1.82) is 0 Å². The van der Waals surface area contributed by atoms with Crippen LogP contribution in [0.1, 0.15) is 17.2 Å². The molecule has 1 unspecified atom stereocenters. The van der Waals surface area contributed by atoms with Gasteiger partial charge in [-0.15, -0.1) is 0 Å². The number of rotatable bonds is 4. The fourth-order valence-electron chi connectivity index (χ4n) is 2.39. The summed E-state index contributed by atoms with van der Waals surface area (Å²) in [7, 11) is 1.94. The molecule has 2 aromatic carbocycles. The first-order valence-corrected chi connectivity index (χ1v) is 7.27. The van der Waals surface area contributed by atoms with Crippen molar-refractivity contribution in [3.05, 3.63) is 63.9 Å². The highest BCUT2D eigenvalue weighted by Gasteiger charge is 2.20. The van der Waals surface area contributed by atoms with Crippen LogP contribution in [-0.4, -0.2) is 13.6 Å². The number of para-hydroxylation sites is 1. The van der Waals surface area contributed by atoms with Crippen molar-refractivity contribution in [2.75, 3.05) is 18.5 Å². The molecule has 0 aliphatic heterocycles. The monoisotopic (exact) mass is 336 g/mol. The second-order valence-electron chi connectivity index (χ2n) is 4.81. The van der Waals surface area contributed by atoms with Crippen molar-refractivity contribution in [2.45, 2.75) is 13.0 Å². The molecule has 0 radical (unpaired) electrons. The van der Waals surface area contributed by atoms with Gasteiger partial charge in [-0.3, -0.25) is 0 Å². The summed E-state index contributed by atoms with van der Waals surface area (Å²) in [4.78, 5) is 2.03. The van der Waals surface area contributed by atoms with Gasteiger partial charge in [-0.25, -0.2) is 4.39 Å². The summed E-state index contributed by atoms with van der Waals surface area (Å²) in [6.45, 7) is 2.38. The molecule has 0 saturated heterocycles. The Hall–Kier alpha value is -1.39. The van der Waals surface area contributed by atoms with Gasteiger partial charge < -0.3 is 10.6 Å². The van der Waals surface area contributed by atoms with Gasteiger partial charge in [0.2, 0.25) is 0 Å². The van der Waals surface area contributed by atoms with Crippen LogP contribution in [0, 0.1) is 12.7 Å². The highest BCUT2D eigenvalue weighted by Crippen LogP contribution is 2.30. The summed E-state index contributed by atoms with van der Waals surface area (Å²) in [5.41, 5.74) is 8.69. The predicted molar refractivity (Wildman–Crippen MR) is 85.5 cm³/mol. The van der Waals surface area contributed by atoms with E-state index >= 15 is 0 Å². The van der Waals surface area contributed by atoms with Crippen LogP contribution in [0.2, 0.25) is 0 Å². The average molecular weight is 337 g/mol. The Morgan fingerprint density at radius 1 is 1.25 bits per heavy atom. The zero-order valence-electron chi connectivity index (χ0n) is 11.6. The second-order valence-corrected chi connectivity index (χ2v) is 5.73. The molecule has 106 valence electrons. The molecule has 0 amide bonds. The molecule has 20 heavy (non-hydrogen) atoms. The Morgan fingerprint density at radius 2 is 1.95 bits per heavy atom. The largest absolute Gasteiger partial charge is 0.366 e. The van der Waals surface area contributed by atoms with E-state index < -0.39 is 0 Å². The van der Waals surface area contributed by atoms with Crippen LogP contribution in [0.4, 0.5) is 10.1 Å².